The van der Waals surface area contributed by atoms with E-state index in [0.717, 1.165) is 173 Å². The van der Waals surface area contributed by atoms with Crippen LogP contribution >= 0.6 is 0 Å². The van der Waals surface area contributed by atoms with Gasteiger partial charge in [0.25, 0.3) is 0 Å². The second kappa shape index (κ2) is 65.5. The van der Waals surface area contributed by atoms with Gasteiger partial charge < -0.3 is 14.2 Å². The van der Waals surface area contributed by atoms with E-state index < -0.39 is 6.10 Å². The van der Waals surface area contributed by atoms with Crippen LogP contribution in [0.15, 0.2) is 158 Å². The topological polar surface area (TPSA) is 78.9 Å². The van der Waals surface area contributed by atoms with Crippen molar-refractivity contribution in [3.05, 3.63) is 158 Å². The number of hydrogen-bond donors (Lipinski definition) is 0. The highest BCUT2D eigenvalue weighted by Crippen LogP contribution is 2.14. The maximum atomic E-state index is 12.9. The van der Waals surface area contributed by atoms with Crippen LogP contribution in [0.25, 0.3) is 0 Å². The molecule has 0 saturated heterocycles. The van der Waals surface area contributed by atoms with Crippen molar-refractivity contribution < 1.29 is 28.6 Å². The van der Waals surface area contributed by atoms with E-state index >= 15 is 0 Å². The molecule has 0 heterocycles. The molecule has 0 amide bonds. The minimum Gasteiger partial charge on any atom is -0.462 e. The first kappa shape index (κ1) is 74.0. The Morgan fingerprint density at radius 3 is 0.785 bits per heavy atom. The molecule has 0 aliphatic heterocycles. The van der Waals surface area contributed by atoms with Gasteiger partial charge >= 0.3 is 17.9 Å². The van der Waals surface area contributed by atoms with Gasteiger partial charge in [-0.05, 0) is 148 Å². The van der Waals surface area contributed by atoms with Crippen molar-refractivity contribution in [1.29, 1.82) is 0 Å². The first-order valence-corrected chi connectivity index (χ1v) is 32.0. The van der Waals surface area contributed by atoms with Gasteiger partial charge in [-0.1, -0.05) is 256 Å². The summed E-state index contributed by atoms with van der Waals surface area (Å²) >= 11 is 0. The molecule has 6 heteroatoms. The lowest BCUT2D eigenvalue weighted by Crippen LogP contribution is -2.30. The third-order valence-electron chi connectivity index (χ3n) is 13.0. The molecule has 0 fully saturated rings. The third kappa shape index (κ3) is 63.7. The van der Waals surface area contributed by atoms with Gasteiger partial charge in [-0.3, -0.25) is 14.4 Å². The highest BCUT2D eigenvalue weighted by molar-refractivity contribution is 5.71. The van der Waals surface area contributed by atoms with Gasteiger partial charge in [-0.15, -0.1) is 0 Å². The van der Waals surface area contributed by atoms with Crippen LogP contribution < -0.4 is 0 Å². The van der Waals surface area contributed by atoms with E-state index in [-0.39, 0.29) is 31.1 Å². The highest BCUT2D eigenvalue weighted by Gasteiger charge is 2.19. The average molecular weight is 1090 g/mol. The SMILES string of the molecule is CC/C=C\C/C=C\C/C=C\C/C=C\C/C=C\C/C=C\C/C=C\CCCCCC(=O)OCC(COC(=O)CCCCCCC/C=C\C/C=C\C/C=C\CC)OC(=O)CCCCCCCC/C=C\C/C=C\C/C=C\CCCCCCC. The highest BCUT2D eigenvalue weighted by atomic mass is 16.6. The van der Waals surface area contributed by atoms with Crippen molar-refractivity contribution in [2.75, 3.05) is 13.2 Å². The average Bonchev–Trinajstić information content (AvgIpc) is 3.45. The third-order valence-corrected chi connectivity index (χ3v) is 13.0. The van der Waals surface area contributed by atoms with Gasteiger partial charge in [-0.2, -0.15) is 0 Å². The molecule has 0 aliphatic rings. The Balaban J connectivity index is 4.51. The first-order chi connectivity index (χ1) is 39.0. The van der Waals surface area contributed by atoms with E-state index in [0.29, 0.717) is 19.3 Å². The van der Waals surface area contributed by atoms with E-state index in [1.807, 2.05) is 0 Å². The minimum absolute atomic E-state index is 0.110. The van der Waals surface area contributed by atoms with Crippen LogP contribution in [0.4, 0.5) is 0 Å². The Morgan fingerprint density at radius 2 is 0.494 bits per heavy atom. The molecule has 79 heavy (non-hydrogen) atoms. The number of carbonyl (C=O) groups excluding carboxylic acids is 3. The Hall–Kier alpha value is -4.97. The fourth-order valence-corrected chi connectivity index (χ4v) is 8.27. The quantitative estimate of drug-likeness (QED) is 0.0261. The molecule has 1 unspecified atom stereocenters. The van der Waals surface area contributed by atoms with Crippen molar-refractivity contribution in [1.82, 2.24) is 0 Å². The second-order valence-electron chi connectivity index (χ2n) is 20.5. The summed E-state index contributed by atoms with van der Waals surface area (Å²) in [5, 5.41) is 0. The van der Waals surface area contributed by atoms with Crippen LogP contribution in [-0.4, -0.2) is 37.2 Å². The van der Waals surface area contributed by atoms with Gasteiger partial charge in [0, 0.05) is 19.3 Å². The predicted octanol–water partition coefficient (Wildman–Crippen LogP) is 22.1. The Bertz CT molecular complexity index is 1780. The summed E-state index contributed by atoms with van der Waals surface area (Å²) in [6.07, 6.45) is 95.2. The largest absolute Gasteiger partial charge is 0.462 e. The summed E-state index contributed by atoms with van der Waals surface area (Å²) in [6.45, 7) is 6.35. The number of carbonyl (C=O) groups is 3. The molecule has 0 spiro atoms. The molecule has 1 atom stereocenters. The van der Waals surface area contributed by atoms with Crippen LogP contribution in [0.1, 0.15) is 265 Å². The summed E-state index contributed by atoms with van der Waals surface area (Å²) in [5.74, 6) is -0.975. The van der Waals surface area contributed by atoms with Crippen molar-refractivity contribution in [2.45, 2.75) is 271 Å². The molecule has 0 saturated carbocycles. The Kier molecular flexibility index (Phi) is 61.4. The number of hydrogen-bond acceptors (Lipinski definition) is 6. The summed E-state index contributed by atoms with van der Waals surface area (Å²) in [6, 6.07) is 0. The van der Waals surface area contributed by atoms with Gasteiger partial charge in [0.2, 0.25) is 0 Å². The smallest absolute Gasteiger partial charge is 0.306 e. The van der Waals surface area contributed by atoms with Gasteiger partial charge in [0.1, 0.15) is 13.2 Å². The van der Waals surface area contributed by atoms with Crippen molar-refractivity contribution >= 4 is 17.9 Å². The summed E-state index contributed by atoms with van der Waals surface area (Å²) < 4.78 is 16.9. The Morgan fingerprint density at radius 1 is 0.266 bits per heavy atom. The lowest BCUT2D eigenvalue weighted by atomic mass is 10.1. The molecule has 0 bridgehead atoms. The zero-order valence-corrected chi connectivity index (χ0v) is 50.8. The molecule has 0 aromatic heterocycles. The van der Waals surface area contributed by atoms with Crippen LogP contribution in [0.5, 0.6) is 0 Å². The molecule has 444 valence electrons. The first-order valence-electron chi connectivity index (χ1n) is 32.0. The molecule has 0 aliphatic carbocycles. The zero-order valence-electron chi connectivity index (χ0n) is 50.8. The van der Waals surface area contributed by atoms with E-state index in [1.54, 1.807) is 0 Å². The molecule has 0 aromatic carbocycles. The van der Waals surface area contributed by atoms with E-state index in [9.17, 15) is 14.4 Å². The maximum Gasteiger partial charge on any atom is 0.306 e. The molecular weight excluding hydrogens is 973 g/mol. The second-order valence-corrected chi connectivity index (χ2v) is 20.5. The standard InChI is InChI=1S/C73H116O6/c1-4-7-10-13-16-19-22-25-28-30-32-34-35-36-37-39-40-42-45-48-51-54-57-60-63-66-72(75)78-69-70(68-77-71(74)65-62-59-56-53-50-47-44-27-24-21-18-15-12-9-6-3)79-73(76)67-64-61-58-55-52-49-46-43-41-38-33-31-29-26-23-20-17-14-11-8-5-2/h7,9-10,12,16,18-19,21,23,25-28,31-34,36-37,40-44,48,51,70H,4-6,8,11,13-15,17,20,22,24,29-30,35,38-39,45-47,49-50,52-69H2,1-3H3/b10-7-,12-9-,19-16-,21-18-,26-23-,28-25-,33-31-,34-32-,37-36-,42-40-,43-41-,44-27-,51-48-. The number of ether oxygens (including phenoxy) is 3. The van der Waals surface area contributed by atoms with Crippen molar-refractivity contribution in [3.8, 4) is 0 Å². The van der Waals surface area contributed by atoms with E-state index in [2.05, 4.69) is 179 Å². The number of rotatable bonds is 56. The molecule has 0 rings (SSSR count). The molecule has 0 radical (unpaired) electrons. The maximum absolute atomic E-state index is 12.9. The zero-order chi connectivity index (χ0) is 57.1. The minimum atomic E-state index is -0.816. The van der Waals surface area contributed by atoms with Gasteiger partial charge in [0.05, 0.1) is 0 Å². The van der Waals surface area contributed by atoms with Crippen molar-refractivity contribution in [2.24, 2.45) is 0 Å². The molecule has 0 aromatic rings. The number of allylic oxidation sites excluding steroid dienone is 26. The molecule has 0 N–H and O–H groups in total. The Labute approximate surface area is 486 Å². The predicted molar refractivity (Wildman–Crippen MR) is 343 cm³/mol. The van der Waals surface area contributed by atoms with Gasteiger partial charge in [0.15, 0.2) is 6.10 Å². The van der Waals surface area contributed by atoms with Crippen LogP contribution in [0.3, 0.4) is 0 Å². The van der Waals surface area contributed by atoms with E-state index in [1.165, 1.54) is 51.4 Å². The van der Waals surface area contributed by atoms with Crippen LogP contribution in [-0.2, 0) is 28.6 Å². The normalized spacial score (nSPS) is 13.2. The summed E-state index contributed by atoms with van der Waals surface area (Å²) in [4.78, 5) is 38.3. The number of unbranched alkanes of at least 4 members (excludes halogenated alkanes) is 19. The van der Waals surface area contributed by atoms with Crippen molar-refractivity contribution in [3.63, 3.8) is 0 Å². The lowest BCUT2D eigenvalue weighted by Gasteiger charge is -2.18. The van der Waals surface area contributed by atoms with E-state index in [4.69, 9.17) is 14.2 Å². The summed E-state index contributed by atoms with van der Waals surface area (Å²) in [5.41, 5.74) is 0. The molecular formula is C73H116O6. The van der Waals surface area contributed by atoms with Gasteiger partial charge in [-0.25, -0.2) is 0 Å². The van der Waals surface area contributed by atoms with Crippen LogP contribution in [0.2, 0.25) is 0 Å². The fraction of sp³-hybridized carbons (Fsp3) is 0.603. The fourth-order valence-electron chi connectivity index (χ4n) is 8.27. The number of esters is 3. The lowest BCUT2D eigenvalue weighted by molar-refractivity contribution is -0.167. The molecule has 6 nitrogen and oxygen atoms in total. The van der Waals surface area contributed by atoms with Crippen LogP contribution in [0, 0.1) is 0 Å². The monoisotopic (exact) mass is 1090 g/mol. The summed E-state index contributed by atoms with van der Waals surface area (Å²) in [7, 11) is 0.